The fraction of sp³-hybridized carbons (Fsp3) is 0.492. The molecule has 3 N–H and O–H groups in total. The standard InChI is InChI=1S/C54H67N4O9.C7H8O3S/c1-8-50(62)29-36-30-53(48(60)65-6,44-38(37-19-13-14-21-41(37)55-44)20-15-26-58(32-36,33-50)31-35-17-11-10-12-18-35)40-27-39-42(28-43(40)64-5)56(4)46-52(39)23-25-57-24-16-22-51(9-2,45(52)57)47(67-34(3)59)54(46,63)49(61)66-7;1-6-2-4-7(5-3-6)11(8,9)10/h10-14,16-19,21-22,27-28,36,45-47,55,62-63H,8-9,15,20,23-26,29-33H2,1-7H3;2-5H,1H3,(H,8,9,10)/q+1;/p-1/t36-,45-,46+,47+,50-,51+,52+,53-,54-,58?;/m0./s1. The number of benzene rings is 4. The van der Waals surface area contributed by atoms with E-state index in [9.17, 15) is 32.8 Å². The number of hydrogen-bond donors (Lipinski definition) is 3. The molecule has 1 unspecified atom stereocenters. The number of fused-ring (bicyclic) bond motifs is 6. The zero-order chi connectivity index (χ0) is 55.8. The van der Waals surface area contributed by atoms with Crippen molar-refractivity contribution >= 4 is 44.6 Å². The van der Waals surface area contributed by atoms with Crippen LogP contribution in [0.15, 0.2) is 108 Å². The van der Waals surface area contributed by atoms with Crippen LogP contribution in [0.1, 0.15) is 92.8 Å². The summed E-state index contributed by atoms with van der Waals surface area (Å²) in [6, 6.07) is 27.4. The number of aliphatic hydroxyl groups is 2. The van der Waals surface area contributed by atoms with Gasteiger partial charge in [0.05, 0.1) is 45.4 Å². The van der Waals surface area contributed by atoms with Crippen LogP contribution in [0.4, 0.5) is 5.69 Å². The number of carbonyl (C=O) groups excluding carboxylic acids is 3. The summed E-state index contributed by atoms with van der Waals surface area (Å²) in [5.41, 5.74) is 0.393. The van der Waals surface area contributed by atoms with Crippen molar-refractivity contribution in [3.63, 3.8) is 0 Å². The van der Waals surface area contributed by atoms with Crippen molar-refractivity contribution in [1.29, 1.82) is 0 Å². The molecule has 0 amide bonds. The molecule has 2 bridgehead atoms. The second-order valence-corrected chi connectivity index (χ2v) is 24.5. The molecule has 416 valence electrons. The zero-order valence-electron chi connectivity index (χ0n) is 46.0. The fourth-order valence-corrected chi connectivity index (χ4v) is 16.6. The van der Waals surface area contributed by atoms with Crippen LogP contribution < -0.4 is 9.64 Å². The van der Waals surface area contributed by atoms with Gasteiger partial charge >= 0.3 is 17.9 Å². The van der Waals surface area contributed by atoms with Crippen LogP contribution in [0.5, 0.6) is 5.75 Å². The number of carbonyl (C=O) groups is 3. The summed E-state index contributed by atoms with van der Waals surface area (Å²) in [7, 11) is 1.95. The topological polar surface area (TPSA) is 208 Å². The van der Waals surface area contributed by atoms with E-state index >= 15 is 4.79 Å². The number of ether oxygens (including phenoxy) is 4. The van der Waals surface area contributed by atoms with Crippen molar-refractivity contribution in [2.45, 2.75) is 124 Å². The van der Waals surface area contributed by atoms with E-state index in [1.165, 1.54) is 38.8 Å². The van der Waals surface area contributed by atoms with Crippen molar-refractivity contribution in [3.05, 3.63) is 137 Å². The van der Waals surface area contributed by atoms with Crippen LogP contribution in [-0.2, 0) is 62.5 Å². The summed E-state index contributed by atoms with van der Waals surface area (Å²) in [5.74, 6) is -1.61. The van der Waals surface area contributed by atoms with Gasteiger partial charge in [0.15, 0.2) is 6.10 Å². The number of aryl methyl sites for hydroxylation is 2. The molecule has 1 aromatic heterocycles. The van der Waals surface area contributed by atoms with Gasteiger partial charge in [-0.2, -0.15) is 0 Å². The van der Waals surface area contributed by atoms with E-state index < -0.39 is 67.6 Å². The van der Waals surface area contributed by atoms with E-state index in [-0.39, 0.29) is 16.9 Å². The highest BCUT2D eigenvalue weighted by Gasteiger charge is 2.80. The van der Waals surface area contributed by atoms with Crippen molar-refractivity contribution in [3.8, 4) is 5.75 Å². The summed E-state index contributed by atoms with van der Waals surface area (Å²) in [5, 5.41) is 27.2. The van der Waals surface area contributed by atoms with E-state index in [1.54, 1.807) is 19.2 Å². The smallest absolute Gasteiger partial charge is 0.344 e. The number of H-pyrrole nitrogens is 1. The lowest BCUT2D eigenvalue weighted by molar-refractivity contribution is -0.955. The summed E-state index contributed by atoms with van der Waals surface area (Å²) in [6.07, 6.45) is 6.75. The minimum absolute atomic E-state index is 0.146. The summed E-state index contributed by atoms with van der Waals surface area (Å²) < 4.78 is 56.2. The predicted molar refractivity (Wildman–Crippen MR) is 293 cm³/mol. The number of quaternary nitrogens is 1. The number of aromatic nitrogens is 1. The van der Waals surface area contributed by atoms with Crippen LogP contribution in [0.25, 0.3) is 10.9 Å². The number of nitrogens with one attached hydrogen (secondary N) is 1. The number of likely N-dealkylation sites (N-methyl/N-ethyl adjacent to an activating group) is 1. The van der Waals surface area contributed by atoms with E-state index in [2.05, 4.69) is 71.4 Å². The molecule has 1 spiro atoms. The van der Waals surface area contributed by atoms with Crippen LogP contribution in [0.3, 0.4) is 0 Å². The van der Waals surface area contributed by atoms with E-state index in [0.29, 0.717) is 74.0 Å². The Morgan fingerprint density at radius 1 is 0.885 bits per heavy atom. The van der Waals surface area contributed by atoms with Crippen LogP contribution in [0, 0.1) is 18.3 Å². The van der Waals surface area contributed by atoms with Gasteiger partial charge in [-0.15, -0.1) is 0 Å². The van der Waals surface area contributed by atoms with Crippen molar-refractivity contribution in [2.75, 3.05) is 66.0 Å². The number of anilines is 1. The van der Waals surface area contributed by atoms with Gasteiger partial charge in [-0.25, -0.2) is 13.2 Å². The Morgan fingerprint density at radius 2 is 1.59 bits per heavy atom. The summed E-state index contributed by atoms with van der Waals surface area (Å²) in [4.78, 5) is 51.5. The molecule has 2 saturated heterocycles. The van der Waals surface area contributed by atoms with Crippen molar-refractivity contribution < 1.29 is 61.0 Å². The molecule has 1 saturated carbocycles. The highest BCUT2D eigenvalue weighted by Crippen LogP contribution is 2.68. The number of esters is 3. The molecule has 0 radical (unpaired) electrons. The van der Waals surface area contributed by atoms with Crippen molar-refractivity contribution in [2.24, 2.45) is 11.3 Å². The maximum absolute atomic E-state index is 15.8. The third-order valence-electron chi connectivity index (χ3n) is 18.9. The first-order valence-electron chi connectivity index (χ1n) is 27.3. The Kier molecular flexibility index (Phi) is 14.3. The molecule has 6 heterocycles. The number of methoxy groups -OCH3 is 3. The number of aromatic amines is 1. The fourth-order valence-electron chi connectivity index (χ4n) is 16.1. The molecule has 4 aromatic carbocycles. The SMILES string of the molecule is CC[C@]1(O)C[C@H]2C[C@](C(=O)OC)(c3cc4c(cc3OC)N(C)[C@H]3[C@@](O)(C(=O)OC)[C@H](OC(C)=O)[C@]5(CC)C=CCN6CC[C@]43[C@@H]65)c3[nH]c4ccccc4c3CCC[N+](Cc3ccccc3)(C2)C1.Cc1ccc(S(=O)(=O)[O-])cc1. The van der Waals surface area contributed by atoms with Crippen LogP contribution in [0.2, 0.25) is 0 Å². The molecule has 78 heavy (non-hydrogen) atoms. The van der Waals surface area contributed by atoms with Gasteiger partial charge in [0.1, 0.15) is 40.0 Å². The average molecular weight is 1090 g/mol. The van der Waals surface area contributed by atoms with Gasteiger partial charge < -0.3 is 48.1 Å². The number of piperidine rings is 1. The molecule has 3 fully saturated rings. The Hall–Kier alpha value is -6.08. The molecule has 10 atom stereocenters. The number of para-hydroxylation sites is 1. The molecule has 1 aliphatic carbocycles. The van der Waals surface area contributed by atoms with Gasteiger partial charge in [-0.1, -0.05) is 92.2 Å². The lowest BCUT2D eigenvalue weighted by atomic mass is 9.47. The van der Waals surface area contributed by atoms with E-state index in [1.807, 2.05) is 50.1 Å². The Bertz CT molecular complexity index is 3280. The first-order valence-corrected chi connectivity index (χ1v) is 28.7. The Balaban J connectivity index is 0.000000559. The monoisotopic (exact) mass is 1090 g/mol. The van der Waals surface area contributed by atoms with E-state index in [0.717, 1.165) is 65.0 Å². The molecule has 5 aliphatic heterocycles. The normalized spacial score (nSPS) is 31.9. The zero-order valence-corrected chi connectivity index (χ0v) is 46.9. The lowest BCUT2D eigenvalue weighted by Gasteiger charge is -2.63. The maximum atomic E-state index is 15.8. The lowest BCUT2D eigenvalue weighted by Crippen LogP contribution is -2.81. The first kappa shape index (κ1) is 55.2. The number of nitrogens with zero attached hydrogens (tertiary/aromatic N) is 3. The molecule has 6 aliphatic rings. The van der Waals surface area contributed by atoms with Crippen LogP contribution >= 0.6 is 0 Å². The second-order valence-electron chi connectivity index (χ2n) is 23.1. The largest absolute Gasteiger partial charge is 0.744 e. The number of hydrogen-bond acceptors (Lipinski definition) is 14. The minimum atomic E-state index is -4.27. The maximum Gasteiger partial charge on any atom is 0.344 e. The molecular formula is C61H74N4O12S. The predicted octanol–water partition coefficient (Wildman–Crippen LogP) is 7.00. The third kappa shape index (κ3) is 8.56. The van der Waals surface area contributed by atoms with Gasteiger partial charge in [-0.3, -0.25) is 14.5 Å². The van der Waals surface area contributed by atoms with Crippen molar-refractivity contribution in [1.82, 2.24) is 9.88 Å². The Morgan fingerprint density at radius 3 is 2.24 bits per heavy atom. The number of rotatable bonds is 10. The average Bonchev–Trinajstić information content (AvgIpc) is 2.46. The summed E-state index contributed by atoms with van der Waals surface area (Å²) >= 11 is 0. The van der Waals surface area contributed by atoms with Crippen LogP contribution in [-0.4, -0.2) is 146 Å². The minimum Gasteiger partial charge on any atom is -0.744 e. The summed E-state index contributed by atoms with van der Waals surface area (Å²) in [6.45, 7) is 11.5. The quantitative estimate of drug-likeness (QED) is 0.0424. The first-order chi connectivity index (χ1) is 37.1. The second kappa shape index (κ2) is 20.2. The van der Waals surface area contributed by atoms with Gasteiger partial charge in [-0.05, 0) is 87.4 Å². The Labute approximate surface area is 457 Å². The van der Waals surface area contributed by atoms with E-state index in [4.69, 9.17) is 18.9 Å². The molecule has 5 aromatic rings. The molecule has 16 nitrogen and oxygen atoms in total. The van der Waals surface area contributed by atoms with Gasteiger partial charge in [0.2, 0.25) is 5.60 Å². The molecular weight excluding hydrogens is 1010 g/mol. The third-order valence-corrected chi connectivity index (χ3v) is 19.7. The molecule has 17 heteroatoms. The van der Waals surface area contributed by atoms with Gasteiger partial charge in [0, 0.05) is 89.2 Å². The highest BCUT2D eigenvalue weighted by atomic mass is 32.2. The highest BCUT2D eigenvalue weighted by molar-refractivity contribution is 7.85. The van der Waals surface area contributed by atoms with Gasteiger partial charge in [0.25, 0.3) is 0 Å². The molecule has 11 rings (SSSR count).